The molecule has 1 saturated heterocycles. The lowest BCUT2D eigenvalue weighted by Gasteiger charge is -2.24. The molecule has 1 aliphatic heterocycles. The van der Waals surface area contributed by atoms with Crippen LogP contribution in [0, 0.1) is 5.92 Å². The lowest BCUT2D eigenvalue weighted by Crippen LogP contribution is -2.33. The molecular weight excluding hydrogens is 248 g/mol. The van der Waals surface area contributed by atoms with Crippen molar-refractivity contribution in [3.05, 3.63) is 0 Å². The van der Waals surface area contributed by atoms with Gasteiger partial charge in [-0.05, 0) is 26.7 Å². The van der Waals surface area contributed by atoms with E-state index in [9.17, 15) is 5.11 Å². The highest BCUT2D eigenvalue weighted by atomic mass is 79.9. The van der Waals surface area contributed by atoms with Crippen LogP contribution in [0.4, 0.5) is 0 Å². The minimum absolute atomic E-state index is 0.0811. The summed E-state index contributed by atoms with van der Waals surface area (Å²) in [6, 6.07) is 0. The van der Waals surface area contributed by atoms with Crippen molar-refractivity contribution in [2.45, 2.75) is 50.8 Å². The van der Waals surface area contributed by atoms with E-state index in [4.69, 9.17) is 9.47 Å². The summed E-state index contributed by atoms with van der Waals surface area (Å²) in [5.41, 5.74) is 0. The Bertz CT molecular complexity index is 219. The van der Waals surface area contributed by atoms with E-state index in [0.717, 1.165) is 12.8 Å². The maximum Gasteiger partial charge on any atom is 0.163 e. The molecule has 1 heterocycles. The van der Waals surface area contributed by atoms with Crippen molar-refractivity contribution < 1.29 is 14.6 Å². The quantitative estimate of drug-likeness (QED) is 0.772. The SMILES string of the molecule is CC1(C)OC2[C@H](C(O)CBr)CC[C@@H]2O1. The minimum Gasteiger partial charge on any atom is -0.392 e. The second kappa shape index (κ2) is 3.74. The Labute approximate surface area is 92.9 Å². The molecule has 0 amide bonds. The van der Waals surface area contributed by atoms with Crippen LogP contribution in [0.2, 0.25) is 0 Å². The molecule has 2 unspecified atom stereocenters. The van der Waals surface area contributed by atoms with E-state index in [1.807, 2.05) is 13.8 Å². The Morgan fingerprint density at radius 3 is 2.79 bits per heavy atom. The van der Waals surface area contributed by atoms with Crippen molar-refractivity contribution in [2.24, 2.45) is 5.92 Å². The van der Waals surface area contributed by atoms with Crippen molar-refractivity contribution >= 4 is 15.9 Å². The van der Waals surface area contributed by atoms with Crippen molar-refractivity contribution in [3.63, 3.8) is 0 Å². The maximum absolute atomic E-state index is 9.79. The van der Waals surface area contributed by atoms with Crippen LogP contribution in [0.3, 0.4) is 0 Å². The number of halogens is 1. The summed E-state index contributed by atoms with van der Waals surface area (Å²) in [6.45, 7) is 3.87. The van der Waals surface area contributed by atoms with E-state index in [2.05, 4.69) is 15.9 Å². The highest BCUT2D eigenvalue weighted by molar-refractivity contribution is 9.09. The predicted molar refractivity (Wildman–Crippen MR) is 56.3 cm³/mol. The van der Waals surface area contributed by atoms with E-state index >= 15 is 0 Å². The molecule has 0 aromatic heterocycles. The summed E-state index contributed by atoms with van der Waals surface area (Å²) in [5.74, 6) is -0.249. The summed E-state index contributed by atoms with van der Waals surface area (Å²) in [6.07, 6.45) is 1.95. The normalized spacial score (nSPS) is 42.4. The molecule has 4 heteroatoms. The van der Waals surface area contributed by atoms with E-state index in [1.54, 1.807) is 0 Å². The Morgan fingerprint density at radius 1 is 1.43 bits per heavy atom. The van der Waals surface area contributed by atoms with Crippen molar-refractivity contribution in [1.29, 1.82) is 0 Å². The number of hydrogen-bond donors (Lipinski definition) is 1. The molecule has 0 bridgehead atoms. The number of alkyl halides is 1. The first-order chi connectivity index (χ1) is 6.53. The minimum atomic E-state index is -0.472. The molecule has 1 N–H and O–H groups in total. The molecule has 2 aliphatic rings. The molecule has 3 nitrogen and oxygen atoms in total. The Balaban J connectivity index is 2.04. The van der Waals surface area contributed by atoms with Gasteiger partial charge in [0.15, 0.2) is 5.79 Å². The van der Waals surface area contributed by atoms with E-state index in [1.165, 1.54) is 0 Å². The highest BCUT2D eigenvalue weighted by Gasteiger charge is 2.50. The average Bonchev–Trinajstić information content (AvgIpc) is 2.58. The first-order valence-corrected chi connectivity index (χ1v) is 6.25. The van der Waals surface area contributed by atoms with Gasteiger partial charge in [0.05, 0.1) is 18.3 Å². The maximum atomic E-state index is 9.79. The fraction of sp³-hybridized carbons (Fsp3) is 1.00. The zero-order chi connectivity index (χ0) is 10.3. The second-order valence-corrected chi connectivity index (χ2v) is 5.25. The van der Waals surface area contributed by atoms with Crippen molar-refractivity contribution in [2.75, 3.05) is 5.33 Å². The van der Waals surface area contributed by atoms with Crippen LogP contribution in [0.25, 0.3) is 0 Å². The van der Waals surface area contributed by atoms with Crippen LogP contribution in [0.5, 0.6) is 0 Å². The first-order valence-electron chi connectivity index (χ1n) is 5.13. The number of rotatable bonds is 2. The monoisotopic (exact) mass is 264 g/mol. The molecule has 1 saturated carbocycles. The fourth-order valence-electron chi connectivity index (χ4n) is 2.50. The van der Waals surface area contributed by atoms with E-state index < -0.39 is 5.79 Å². The second-order valence-electron chi connectivity index (χ2n) is 4.60. The number of aliphatic hydroxyl groups is 1. The third-order valence-electron chi connectivity index (χ3n) is 3.08. The van der Waals surface area contributed by atoms with Crippen molar-refractivity contribution in [3.8, 4) is 0 Å². The molecule has 2 rings (SSSR count). The molecule has 2 fully saturated rings. The third kappa shape index (κ3) is 1.85. The van der Waals surface area contributed by atoms with Crippen LogP contribution in [-0.2, 0) is 9.47 Å². The Hall–Kier alpha value is 0.360. The summed E-state index contributed by atoms with van der Waals surface area (Å²) in [7, 11) is 0. The van der Waals surface area contributed by atoms with Gasteiger partial charge in [0.25, 0.3) is 0 Å². The molecule has 4 atom stereocenters. The molecular formula is C10H17BrO3. The fourth-order valence-corrected chi connectivity index (χ4v) is 2.98. The lowest BCUT2D eigenvalue weighted by atomic mass is 10.00. The molecule has 0 spiro atoms. The number of aliphatic hydroxyl groups excluding tert-OH is 1. The molecule has 0 radical (unpaired) electrons. The van der Waals surface area contributed by atoms with Gasteiger partial charge in [-0.2, -0.15) is 0 Å². The van der Waals surface area contributed by atoms with E-state index in [-0.39, 0.29) is 24.2 Å². The van der Waals surface area contributed by atoms with Crippen LogP contribution < -0.4 is 0 Å². The lowest BCUT2D eigenvalue weighted by molar-refractivity contribution is -0.160. The summed E-state index contributed by atoms with van der Waals surface area (Å²) in [4.78, 5) is 0. The van der Waals surface area contributed by atoms with Crippen LogP contribution >= 0.6 is 15.9 Å². The highest BCUT2D eigenvalue weighted by Crippen LogP contribution is 2.42. The predicted octanol–water partition coefficient (Wildman–Crippen LogP) is 1.67. The topological polar surface area (TPSA) is 38.7 Å². The zero-order valence-corrected chi connectivity index (χ0v) is 10.2. The molecule has 1 aliphatic carbocycles. The Morgan fingerprint density at radius 2 is 2.14 bits per heavy atom. The summed E-state index contributed by atoms with van der Waals surface area (Å²) >= 11 is 3.30. The smallest absolute Gasteiger partial charge is 0.163 e. The van der Waals surface area contributed by atoms with Gasteiger partial charge in [0.1, 0.15) is 0 Å². The molecule has 0 aromatic carbocycles. The standard InChI is InChI=1S/C10H17BrO3/c1-10(2)13-8-4-3-6(7(12)5-11)9(8)14-10/h6-9,12H,3-5H2,1-2H3/t6-,7?,8-,9?/m0/s1. The van der Waals surface area contributed by atoms with Gasteiger partial charge in [-0.3, -0.25) is 0 Å². The molecule has 82 valence electrons. The third-order valence-corrected chi connectivity index (χ3v) is 3.74. The van der Waals surface area contributed by atoms with Crippen LogP contribution in [0.15, 0.2) is 0 Å². The zero-order valence-electron chi connectivity index (χ0n) is 8.57. The van der Waals surface area contributed by atoms with Gasteiger partial charge in [-0.15, -0.1) is 0 Å². The van der Waals surface area contributed by atoms with Gasteiger partial charge in [0, 0.05) is 11.2 Å². The molecule has 14 heavy (non-hydrogen) atoms. The van der Waals surface area contributed by atoms with Crippen LogP contribution in [0.1, 0.15) is 26.7 Å². The first kappa shape index (κ1) is 10.9. The average molecular weight is 265 g/mol. The van der Waals surface area contributed by atoms with Gasteiger partial charge < -0.3 is 14.6 Å². The number of fused-ring (bicyclic) bond motifs is 1. The van der Waals surface area contributed by atoms with Crippen LogP contribution in [-0.4, -0.2) is 34.5 Å². The van der Waals surface area contributed by atoms with E-state index in [0.29, 0.717) is 5.33 Å². The van der Waals surface area contributed by atoms with Crippen molar-refractivity contribution in [1.82, 2.24) is 0 Å². The van der Waals surface area contributed by atoms with Gasteiger partial charge >= 0.3 is 0 Å². The number of hydrogen-bond acceptors (Lipinski definition) is 3. The molecule has 0 aromatic rings. The number of ether oxygens (including phenoxy) is 2. The largest absolute Gasteiger partial charge is 0.392 e. The van der Waals surface area contributed by atoms with Gasteiger partial charge in [0.2, 0.25) is 0 Å². The van der Waals surface area contributed by atoms with Gasteiger partial charge in [-0.1, -0.05) is 15.9 Å². The summed E-state index contributed by atoms with van der Waals surface area (Å²) in [5, 5.41) is 10.4. The Kier molecular flexibility index (Phi) is 2.90. The summed E-state index contributed by atoms with van der Waals surface area (Å²) < 4.78 is 11.6. The van der Waals surface area contributed by atoms with Gasteiger partial charge in [-0.25, -0.2) is 0 Å².